The van der Waals surface area contributed by atoms with E-state index in [1.54, 1.807) is 12.1 Å². The van der Waals surface area contributed by atoms with Gasteiger partial charge in [-0.2, -0.15) is 0 Å². The van der Waals surface area contributed by atoms with Crippen molar-refractivity contribution in [1.82, 2.24) is 5.32 Å². The van der Waals surface area contributed by atoms with Gasteiger partial charge in [-0.15, -0.1) is 0 Å². The number of aliphatic hydroxyl groups is 1. The molecular formula is C15H24FNO2. The largest absolute Gasteiger partial charge is 0.491 e. The van der Waals surface area contributed by atoms with E-state index < -0.39 is 6.10 Å². The van der Waals surface area contributed by atoms with Gasteiger partial charge in [0.25, 0.3) is 0 Å². The molecule has 0 radical (unpaired) electrons. The zero-order valence-corrected chi connectivity index (χ0v) is 11.7. The van der Waals surface area contributed by atoms with Crippen LogP contribution in [0.25, 0.3) is 0 Å². The van der Waals surface area contributed by atoms with Crippen LogP contribution in [0, 0.1) is 11.7 Å². The first-order valence-electron chi connectivity index (χ1n) is 6.92. The minimum Gasteiger partial charge on any atom is -0.491 e. The molecule has 1 unspecified atom stereocenters. The second-order valence-electron chi connectivity index (χ2n) is 4.76. The summed E-state index contributed by atoms with van der Waals surface area (Å²) < 4.78 is 18.1. The molecule has 0 aromatic heterocycles. The second-order valence-corrected chi connectivity index (χ2v) is 4.76. The van der Waals surface area contributed by atoms with Crippen molar-refractivity contribution in [2.75, 3.05) is 19.7 Å². The minimum absolute atomic E-state index is 0.210. The van der Waals surface area contributed by atoms with E-state index in [-0.39, 0.29) is 12.4 Å². The van der Waals surface area contributed by atoms with Gasteiger partial charge in [-0.05, 0) is 36.7 Å². The van der Waals surface area contributed by atoms with E-state index in [4.69, 9.17) is 4.74 Å². The first-order valence-corrected chi connectivity index (χ1v) is 6.92. The van der Waals surface area contributed by atoms with Crippen molar-refractivity contribution < 1.29 is 14.2 Å². The van der Waals surface area contributed by atoms with Crippen LogP contribution in [0.3, 0.4) is 0 Å². The summed E-state index contributed by atoms with van der Waals surface area (Å²) in [4.78, 5) is 0. The Kier molecular flexibility index (Phi) is 7.45. The van der Waals surface area contributed by atoms with Gasteiger partial charge in [0, 0.05) is 6.54 Å². The summed E-state index contributed by atoms with van der Waals surface area (Å²) in [7, 11) is 0. The minimum atomic E-state index is -0.556. The van der Waals surface area contributed by atoms with Crippen molar-refractivity contribution in [3.8, 4) is 5.75 Å². The molecule has 0 aliphatic rings. The average Bonchev–Trinajstić information content (AvgIpc) is 2.43. The lowest BCUT2D eigenvalue weighted by molar-refractivity contribution is 0.105. The standard InChI is InChI=1S/C15H24FNO2/c1-3-12(4-2)9-17-10-14(18)11-19-15-7-5-13(16)6-8-15/h5-8,12,14,17-18H,3-4,9-11H2,1-2H3. The van der Waals surface area contributed by atoms with Crippen molar-refractivity contribution in [3.05, 3.63) is 30.1 Å². The van der Waals surface area contributed by atoms with E-state index >= 15 is 0 Å². The topological polar surface area (TPSA) is 41.5 Å². The van der Waals surface area contributed by atoms with Gasteiger partial charge in [0.1, 0.15) is 24.3 Å². The van der Waals surface area contributed by atoms with E-state index in [0.29, 0.717) is 18.2 Å². The van der Waals surface area contributed by atoms with Crippen LogP contribution >= 0.6 is 0 Å². The molecule has 2 N–H and O–H groups in total. The van der Waals surface area contributed by atoms with Gasteiger partial charge < -0.3 is 15.2 Å². The maximum atomic E-state index is 12.7. The highest BCUT2D eigenvalue weighted by Crippen LogP contribution is 2.11. The van der Waals surface area contributed by atoms with Gasteiger partial charge in [-0.25, -0.2) is 4.39 Å². The summed E-state index contributed by atoms with van der Waals surface area (Å²) in [6.07, 6.45) is 1.73. The van der Waals surface area contributed by atoms with E-state index in [1.165, 1.54) is 12.1 Å². The fraction of sp³-hybridized carbons (Fsp3) is 0.600. The van der Waals surface area contributed by atoms with E-state index in [9.17, 15) is 9.50 Å². The van der Waals surface area contributed by atoms with Crippen LogP contribution in [-0.4, -0.2) is 30.9 Å². The number of halogens is 1. The Morgan fingerprint density at radius 3 is 2.37 bits per heavy atom. The maximum Gasteiger partial charge on any atom is 0.123 e. The molecule has 0 aliphatic heterocycles. The van der Waals surface area contributed by atoms with Gasteiger partial charge in [0.15, 0.2) is 0 Å². The quantitative estimate of drug-likeness (QED) is 0.724. The Morgan fingerprint density at radius 2 is 1.79 bits per heavy atom. The number of aliphatic hydroxyl groups excluding tert-OH is 1. The molecule has 0 aliphatic carbocycles. The first-order chi connectivity index (χ1) is 9.15. The lowest BCUT2D eigenvalue weighted by atomic mass is 10.0. The zero-order valence-electron chi connectivity index (χ0n) is 11.7. The summed E-state index contributed by atoms with van der Waals surface area (Å²) in [6.45, 7) is 5.98. The lowest BCUT2D eigenvalue weighted by Gasteiger charge is -2.16. The van der Waals surface area contributed by atoms with Gasteiger partial charge in [0.2, 0.25) is 0 Å². The number of hydrogen-bond acceptors (Lipinski definition) is 3. The van der Waals surface area contributed by atoms with E-state index in [2.05, 4.69) is 19.2 Å². The molecule has 1 rings (SSSR count). The maximum absolute atomic E-state index is 12.7. The van der Waals surface area contributed by atoms with Crippen molar-refractivity contribution in [3.63, 3.8) is 0 Å². The van der Waals surface area contributed by atoms with Crippen molar-refractivity contribution in [1.29, 1.82) is 0 Å². The molecule has 0 fully saturated rings. The summed E-state index contributed by atoms with van der Waals surface area (Å²) in [5.41, 5.74) is 0. The van der Waals surface area contributed by atoms with Crippen LogP contribution in [0.1, 0.15) is 26.7 Å². The number of hydrogen-bond donors (Lipinski definition) is 2. The van der Waals surface area contributed by atoms with Gasteiger partial charge in [0.05, 0.1) is 0 Å². The monoisotopic (exact) mass is 269 g/mol. The smallest absolute Gasteiger partial charge is 0.123 e. The summed E-state index contributed by atoms with van der Waals surface area (Å²) >= 11 is 0. The fourth-order valence-electron chi connectivity index (χ4n) is 1.81. The zero-order chi connectivity index (χ0) is 14.1. The lowest BCUT2D eigenvalue weighted by Crippen LogP contribution is -2.34. The fourth-order valence-corrected chi connectivity index (χ4v) is 1.81. The molecule has 1 aromatic rings. The predicted octanol–water partition coefficient (Wildman–Crippen LogP) is 2.59. The van der Waals surface area contributed by atoms with Crippen LogP contribution in [0.2, 0.25) is 0 Å². The number of nitrogens with one attached hydrogen (secondary N) is 1. The highest BCUT2D eigenvalue weighted by atomic mass is 19.1. The average molecular weight is 269 g/mol. The van der Waals surface area contributed by atoms with Crippen LogP contribution in [0.4, 0.5) is 4.39 Å². The number of ether oxygens (including phenoxy) is 1. The molecule has 0 bridgehead atoms. The summed E-state index contributed by atoms with van der Waals surface area (Å²) in [5.74, 6) is 0.936. The third-order valence-electron chi connectivity index (χ3n) is 3.22. The molecule has 1 aromatic carbocycles. The molecular weight excluding hydrogens is 245 g/mol. The molecule has 0 saturated carbocycles. The van der Waals surface area contributed by atoms with Gasteiger partial charge in [-0.1, -0.05) is 26.7 Å². The summed E-state index contributed by atoms with van der Waals surface area (Å²) in [6, 6.07) is 5.79. The third-order valence-corrected chi connectivity index (χ3v) is 3.22. The summed E-state index contributed by atoms with van der Waals surface area (Å²) in [5, 5.41) is 13.0. The Morgan fingerprint density at radius 1 is 1.16 bits per heavy atom. The molecule has 108 valence electrons. The van der Waals surface area contributed by atoms with E-state index in [0.717, 1.165) is 19.4 Å². The Hall–Kier alpha value is -1.13. The van der Waals surface area contributed by atoms with Crippen molar-refractivity contribution in [2.45, 2.75) is 32.8 Å². The third kappa shape index (κ3) is 6.55. The van der Waals surface area contributed by atoms with Crippen molar-refractivity contribution >= 4 is 0 Å². The van der Waals surface area contributed by atoms with Gasteiger partial charge in [-0.3, -0.25) is 0 Å². The second kappa shape index (κ2) is 8.88. The predicted molar refractivity (Wildman–Crippen MR) is 74.8 cm³/mol. The molecule has 0 saturated heterocycles. The number of benzene rings is 1. The molecule has 0 amide bonds. The van der Waals surface area contributed by atoms with Crippen LogP contribution in [0.15, 0.2) is 24.3 Å². The molecule has 19 heavy (non-hydrogen) atoms. The number of rotatable bonds is 9. The van der Waals surface area contributed by atoms with E-state index in [1.807, 2.05) is 0 Å². The first kappa shape index (κ1) is 15.9. The van der Waals surface area contributed by atoms with Gasteiger partial charge >= 0.3 is 0 Å². The molecule has 4 heteroatoms. The highest BCUT2D eigenvalue weighted by molar-refractivity contribution is 5.22. The Labute approximate surface area is 114 Å². The highest BCUT2D eigenvalue weighted by Gasteiger charge is 2.07. The molecule has 0 heterocycles. The Balaban J connectivity index is 2.17. The SMILES string of the molecule is CCC(CC)CNCC(O)COc1ccc(F)cc1. The molecule has 1 atom stereocenters. The normalized spacial score (nSPS) is 12.7. The molecule has 3 nitrogen and oxygen atoms in total. The Bertz CT molecular complexity index is 339. The van der Waals surface area contributed by atoms with Crippen LogP contribution in [-0.2, 0) is 0 Å². The van der Waals surface area contributed by atoms with Crippen LogP contribution < -0.4 is 10.1 Å². The van der Waals surface area contributed by atoms with Crippen molar-refractivity contribution in [2.24, 2.45) is 5.92 Å². The van der Waals surface area contributed by atoms with Crippen LogP contribution in [0.5, 0.6) is 5.75 Å². The molecule has 0 spiro atoms.